The van der Waals surface area contributed by atoms with E-state index in [0.717, 1.165) is 34.2 Å². The van der Waals surface area contributed by atoms with Gasteiger partial charge in [-0.25, -0.2) is 0 Å². The fraction of sp³-hybridized carbons (Fsp3) is 0.400. The molecule has 108 valence electrons. The first-order valence-corrected chi connectivity index (χ1v) is 8.06. The van der Waals surface area contributed by atoms with Gasteiger partial charge in [0.1, 0.15) is 5.75 Å². The van der Waals surface area contributed by atoms with Crippen LogP contribution in [0, 0.1) is 0 Å². The van der Waals surface area contributed by atoms with Crippen molar-refractivity contribution >= 4 is 22.9 Å². The van der Waals surface area contributed by atoms with Crippen molar-refractivity contribution in [3.05, 3.63) is 45.4 Å². The van der Waals surface area contributed by atoms with E-state index < -0.39 is 0 Å². The van der Waals surface area contributed by atoms with Crippen LogP contribution in [0.5, 0.6) is 5.75 Å². The van der Waals surface area contributed by atoms with Crippen molar-refractivity contribution < 1.29 is 4.74 Å². The molecular weight excluding hydrogens is 292 g/mol. The molecule has 2 rings (SSSR count). The monoisotopic (exact) mass is 310 g/mol. The van der Waals surface area contributed by atoms with Gasteiger partial charge in [-0.3, -0.25) is 4.98 Å². The van der Waals surface area contributed by atoms with E-state index in [1.807, 2.05) is 30.6 Å². The first-order valence-electron chi connectivity index (χ1n) is 6.80. The van der Waals surface area contributed by atoms with E-state index in [9.17, 15) is 0 Å². The predicted octanol–water partition coefficient (Wildman–Crippen LogP) is 4.28. The first-order chi connectivity index (χ1) is 9.76. The Kier molecular flexibility index (Phi) is 5.83. The minimum Gasteiger partial charge on any atom is -0.492 e. The fourth-order valence-electron chi connectivity index (χ4n) is 2.00. The van der Waals surface area contributed by atoms with Gasteiger partial charge in [-0.2, -0.15) is 0 Å². The Labute approximate surface area is 129 Å². The van der Waals surface area contributed by atoms with Crippen LogP contribution in [0.25, 0.3) is 0 Å². The van der Waals surface area contributed by atoms with Crippen LogP contribution in [0.3, 0.4) is 0 Å². The Morgan fingerprint density at radius 3 is 2.90 bits per heavy atom. The summed E-state index contributed by atoms with van der Waals surface area (Å²) in [6, 6.07) is 4.03. The van der Waals surface area contributed by atoms with E-state index in [2.05, 4.69) is 17.2 Å². The molecule has 5 heteroatoms. The Morgan fingerprint density at radius 1 is 1.40 bits per heavy atom. The molecule has 0 saturated carbocycles. The molecule has 0 radical (unpaired) electrons. The van der Waals surface area contributed by atoms with Crippen LogP contribution in [0.2, 0.25) is 5.02 Å². The molecule has 0 spiro atoms. The van der Waals surface area contributed by atoms with Crippen molar-refractivity contribution in [1.82, 2.24) is 10.3 Å². The third-order valence-electron chi connectivity index (χ3n) is 2.88. The molecule has 0 amide bonds. The number of thiophene rings is 1. The van der Waals surface area contributed by atoms with Gasteiger partial charge in [0.05, 0.1) is 23.9 Å². The largest absolute Gasteiger partial charge is 0.492 e. The second kappa shape index (κ2) is 7.62. The molecule has 3 nitrogen and oxygen atoms in total. The standard InChI is InChI=1S/C15H19ClN2OS/c1-3-6-18-14(15-13(16)5-7-20-15)11-8-12(19-4-2)10-17-9-11/h5,7-10,14,18H,3-4,6H2,1-2H3. The normalized spacial score (nSPS) is 12.3. The van der Waals surface area contributed by atoms with Crippen LogP contribution in [-0.2, 0) is 0 Å². The van der Waals surface area contributed by atoms with Crippen LogP contribution in [0.15, 0.2) is 29.9 Å². The number of rotatable bonds is 7. The Hall–Kier alpha value is -1.10. The molecule has 0 aliphatic heterocycles. The number of nitrogens with one attached hydrogen (secondary N) is 1. The van der Waals surface area contributed by atoms with E-state index in [4.69, 9.17) is 16.3 Å². The van der Waals surface area contributed by atoms with E-state index in [-0.39, 0.29) is 6.04 Å². The van der Waals surface area contributed by atoms with Crippen molar-refractivity contribution in [2.24, 2.45) is 0 Å². The second-order valence-electron chi connectivity index (χ2n) is 4.41. The van der Waals surface area contributed by atoms with Crippen molar-refractivity contribution in [3.63, 3.8) is 0 Å². The summed E-state index contributed by atoms with van der Waals surface area (Å²) in [5, 5.41) is 6.34. The maximum absolute atomic E-state index is 6.28. The molecule has 0 fully saturated rings. The minimum atomic E-state index is 0.0651. The smallest absolute Gasteiger partial charge is 0.137 e. The summed E-state index contributed by atoms with van der Waals surface area (Å²) < 4.78 is 5.53. The van der Waals surface area contributed by atoms with Gasteiger partial charge in [0.15, 0.2) is 0 Å². The summed E-state index contributed by atoms with van der Waals surface area (Å²) in [5.74, 6) is 0.793. The average Bonchev–Trinajstić information content (AvgIpc) is 2.87. The van der Waals surface area contributed by atoms with Gasteiger partial charge in [-0.05, 0) is 43.0 Å². The third-order valence-corrected chi connectivity index (χ3v) is 4.31. The molecule has 20 heavy (non-hydrogen) atoms. The van der Waals surface area contributed by atoms with Crippen molar-refractivity contribution in [3.8, 4) is 5.75 Å². The molecule has 0 bridgehead atoms. The highest BCUT2D eigenvalue weighted by Crippen LogP contribution is 2.33. The number of pyridine rings is 1. The van der Waals surface area contributed by atoms with Gasteiger partial charge in [-0.15, -0.1) is 11.3 Å². The fourth-order valence-corrected chi connectivity index (χ4v) is 3.27. The Balaban J connectivity index is 2.31. The molecule has 1 unspecified atom stereocenters. The van der Waals surface area contributed by atoms with Gasteiger partial charge in [-0.1, -0.05) is 18.5 Å². The summed E-state index contributed by atoms with van der Waals surface area (Å²) in [5.41, 5.74) is 1.08. The zero-order valence-corrected chi connectivity index (χ0v) is 13.3. The molecule has 0 aliphatic carbocycles. The zero-order chi connectivity index (χ0) is 14.4. The maximum atomic E-state index is 6.28. The summed E-state index contributed by atoms with van der Waals surface area (Å²) in [7, 11) is 0. The zero-order valence-electron chi connectivity index (χ0n) is 11.7. The molecule has 2 aromatic heterocycles. The van der Waals surface area contributed by atoms with E-state index in [1.165, 1.54) is 0 Å². The number of hydrogen-bond donors (Lipinski definition) is 1. The van der Waals surface area contributed by atoms with Gasteiger partial charge in [0, 0.05) is 11.1 Å². The first kappa shape index (κ1) is 15.3. The van der Waals surface area contributed by atoms with E-state index in [0.29, 0.717) is 6.61 Å². The summed E-state index contributed by atoms with van der Waals surface area (Å²) in [4.78, 5) is 5.39. The molecule has 0 saturated heterocycles. The highest BCUT2D eigenvalue weighted by Gasteiger charge is 2.18. The van der Waals surface area contributed by atoms with Crippen molar-refractivity contribution in [1.29, 1.82) is 0 Å². The number of halogens is 1. The molecule has 2 aromatic rings. The van der Waals surface area contributed by atoms with Crippen LogP contribution in [-0.4, -0.2) is 18.1 Å². The lowest BCUT2D eigenvalue weighted by Crippen LogP contribution is -2.22. The SMILES string of the molecule is CCCNC(c1cncc(OCC)c1)c1sccc1Cl. The third kappa shape index (κ3) is 3.72. The molecule has 1 N–H and O–H groups in total. The van der Waals surface area contributed by atoms with Crippen LogP contribution < -0.4 is 10.1 Å². The number of ether oxygens (including phenoxy) is 1. The number of nitrogens with zero attached hydrogens (tertiary/aromatic N) is 1. The van der Waals surface area contributed by atoms with Crippen molar-refractivity contribution in [2.45, 2.75) is 26.3 Å². The van der Waals surface area contributed by atoms with Crippen LogP contribution >= 0.6 is 22.9 Å². The highest BCUT2D eigenvalue weighted by molar-refractivity contribution is 7.10. The van der Waals surface area contributed by atoms with Gasteiger partial charge in [0.2, 0.25) is 0 Å². The molecule has 1 atom stereocenters. The maximum Gasteiger partial charge on any atom is 0.137 e. The highest BCUT2D eigenvalue weighted by atomic mass is 35.5. The molecule has 2 heterocycles. The molecular formula is C15H19ClN2OS. The topological polar surface area (TPSA) is 34.2 Å². The molecule has 0 aliphatic rings. The Bertz CT molecular complexity index is 544. The van der Waals surface area contributed by atoms with Gasteiger partial charge < -0.3 is 10.1 Å². The average molecular weight is 311 g/mol. The van der Waals surface area contributed by atoms with Crippen molar-refractivity contribution in [2.75, 3.05) is 13.2 Å². The van der Waals surface area contributed by atoms with Crippen LogP contribution in [0.4, 0.5) is 0 Å². The lowest BCUT2D eigenvalue weighted by molar-refractivity contribution is 0.338. The lowest BCUT2D eigenvalue weighted by Gasteiger charge is -2.18. The van der Waals surface area contributed by atoms with Crippen LogP contribution in [0.1, 0.15) is 36.8 Å². The van der Waals surface area contributed by atoms with Gasteiger partial charge >= 0.3 is 0 Å². The summed E-state index contributed by atoms with van der Waals surface area (Å²) in [6.45, 7) is 5.68. The predicted molar refractivity (Wildman–Crippen MR) is 84.9 cm³/mol. The lowest BCUT2D eigenvalue weighted by atomic mass is 10.1. The minimum absolute atomic E-state index is 0.0651. The van der Waals surface area contributed by atoms with E-state index >= 15 is 0 Å². The molecule has 0 aromatic carbocycles. The van der Waals surface area contributed by atoms with Gasteiger partial charge in [0.25, 0.3) is 0 Å². The van der Waals surface area contributed by atoms with E-state index in [1.54, 1.807) is 17.5 Å². The number of hydrogen-bond acceptors (Lipinski definition) is 4. The second-order valence-corrected chi connectivity index (χ2v) is 5.76. The quantitative estimate of drug-likeness (QED) is 0.828. The number of aromatic nitrogens is 1. The Morgan fingerprint density at radius 2 is 2.25 bits per heavy atom. The summed E-state index contributed by atoms with van der Waals surface area (Å²) in [6.07, 6.45) is 4.67. The summed E-state index contributed by atoms with van der Waals surface area (Å²) >= 11 is 7.94.